The van der Waals surface area contributed by atoms with Gasteiger partial charge in [-0.1, -0.05) is 41.5 Å². The number of Topliss-reactive ketones (excluding diaryl/α,β-unsaturated/α-hetero) is 1. The lowest BCUT2D eigenvalue weighted by molar-refractivity contribution is 0.0972. The zero-order valence-corrected chi connectivity index (χ0v) is 11.6. The summed E-state index contributed by atoms with van der Waals surface area (Å²) in [6, 6.07) is 9.58. The van der Waals surface area contributed by atoms with Gasteiger partial charge in [0, 0.05) is 17.9 Å². The van der Waals surface area contributed by atoms with E-state index in [1.165, 1.54) is 22.3 Å². The highest BCUT2D eigenvalue weighted by atomic mass is 16.1. The van der Waals surface area contributed by atoms with Crippen LogP contribution in [0.5, 0.6) is 0 Å². The van der Waals surface area contributed by atoms with Gasteiger partial charge >= 0.3 is 0 Å². The Morgan fingerprint density at radius 3 is 1.94 bits per heavy atom. The van der Waals surface area contributed by atoms with Crippen LogP contribution in [0, 0.1) is 5.92 Å². The summed E-state index contributed by atoms with van der Waals surface area (Å²) in [5, 5.41) is 0. The van der Waals surface area contributed by atoms with Crippen molar-refractivity contribution in [1.82, 2.24) is 0 Å². The van der Waals surface area contributed by atoms with Crippen molar-refractivity contribution in [3.05, 3.63) is 58.2 Å². The highest BCUT2D eigenvalue weighted by Crippen LogP contribution is 2.38. The Morgan fingerprint density at radius 1 is 0.944 bits per heavy atom. The summed E-state index contributed by atoms with van der Waals surface area (Å²) in [6.07, 6.45) is 0.594. The monoisotopic (exact) mass is 240 g/mol. The molecule has 1 aromatic rings. The number of hydrogen-bond donors (Lipinski definition) is 0. The number of carbonyl (C=O) groups excluding carboxylic acids is 1. The van der Waals surface area contributed by atoms with Gasteiger partial charge in [-0.25, -0.2) is 0 Å². The molecule has 0 radical (unpaired) electrons. The van der Waals surface area contributed by atoms with Gasteiger partial charge in [0.1, 0.15) is 0 Å². The number of allylic oxidation sites excluding steroid dienone is 4. The molecule has 0 heterocycles. The molecule has 1 nitrogen and oxygen atoms in total. The van der Waals surface area contributed by atoms with Crippen LogP contribution in [-0.4, -0.2) is 5.78 Å². The minimum absolute atomic E-state index is 0.238. The van der Waals surface area contributed by atoms with Crippen molar-refractivity contribution in [2.24, 2.45) is 5.92 Å². The molecular weight excluding hydrogens is 220 g/mol. The quantitative estimate of drug-likeness (QED) is 0.708. The topological polar surface area (TPSA) is 17.1 Å². The highest BCUT2D eigenvalue weighted by Gasteiger charge is 2.26. The number of rotatable bonds is 3. The largest absolute Gasteiger partial charge is 0.294 e. The first-order chi connectivity index (χ1) is 8.52. The predicted octanol–water partition coefficient (Wildman–Crippen LogP) is 4.56. The Morgan fingerprint density at radius 2 is 1.44 bits per heavy atom. The number of carbonyl (C=O) groups is 1. The summed E-state index contributed by atoms with van der Waals surface area (Å²) in [6.45, 7) is 8.61. The zero-order valence-electron chi connectivity index (χ0n) is 11.6. The summed E-state index contributed by atoms with van der Waals surface area (Å²) < 4.78 is 0. The average Bonchev–Trinajstić information content (AvgIpc) is 2.57. The fourth-order valence-electron chi connectivity index (χ4n) is 2.67. The average molecular weight is 240 g/mol. The van der Waals surface area contributed by atoms with Gasteiger partial charge in [0.25, 0.3) is 0 Å². The Labute approximate surface area is 109 Å². The Balaban J connectivity index is 2.20. The molecule has 0 N–H and O–H groups in total. The second-order valence-electron chi connectivity index (χ2n) is 5.16. The highest BCUT2D eigenvalue weighted by molar-refractivity contribution is 5.96. The Hall–Kier alpha value is -1.63. The van der Waals surface area contributed by atoms with E-state index in [1.54, 1.807) is 0 Å². The molecule has 0 atom stereocenters. The van der Waals surface area contributed by atoms with E-state index in [1.807, 2.05) is 30.3 Å². The van der Waals surface area contributed by atoms with Crippen molar-refractivity contribution in [1.29, 1.82) is 0 Å². The van der Waals surface area contributed by atoms with Crippen LogP contribution in [0.2, 0.25) is 0 Å². The van der Waals surface area contributed by atoms with E-state index in [9.17, 15) is 4.79 Å². The van der Waals surface area contributed by atoms with E-state index in [0.29, 0.717) is 12.3 Å². The van der Waals surface area contributed by atoms with Gasteiger partial charge in [-0.2, -0.15) is 0 Å². The number of benzene rings is 1. The predicted molar refractivity (Wildman–Crippen MR) is 75.6 cm³/mol. The molecule has 0 bridgehead atoms. The third-order valence-corrected chi connectivity index (χ3v) is 4.28. The van der Waals surface area contributed by atoms with Crippen molar-refractivity contribution in [2.75, 3.05) is 0 Å². The SMILES string of the molecule is CC1=C(C)C(CC(=O)c2ccccc2)C(C)=C1C. The molecule has 2 rings (SSSR count). The zero-order chi connectivity index (χ0) is 13.3. The van der Waals surface area contributed by atoms with E-state index >= 15 is 0 Å². The smallest absolute Gasteiger partial charge is 0.163 e. The molecule has 0 aromatic heterocycles. The lowest BCUT2D eigenvalue weighted by atomic mass is 9.89. The van der Waals surface area contributed by atoms with Crippen molar-refractivity contribution in [3.8, 4) is 0 Å². The summed E-state index contributed by atoms with van der Waals surface area (Å²) >= 11 is 0. The van der Waals surface area contributed by atoms with Crippen molar-refractivity contribution < 1.29 is 4.79 Å². The number of hydrogen-bond acceptors (Lipinski definition) is 1. The van der Waals surface area contributed by atoms with Crippen LogP contribution in [0.25, 0.3) is 0 Å². The molecule has 0 aliphatic heterocycles. The molecule has 1 heteroatoms. The van der Waals surface area contributed by atoms with Crippen LogP contribution in [0.15, 0.2) is 52.6 Å². The van der Waals surface area contributed by atoms with Gasteiger partial charge in [-0.3, -0.25) is 4.79 Å². The first kappa shape index (κ1) is 12.8. The van der Waals surface area contributed by atoms with Crippen LogP contribution < -0.4 is 0 Å². The summed E-state index contributed by atoms with van der Waals surface area (Å²) in [5.74, 6) is 0.541. The van der Waals surface area contributed by atoms with Crippen molar-refractivity contribution in [2.45, 2.75) is 34.1 Å². The fourth-order valence-corrected chi connectivity index (χ4v) is 2.67. The molecule has 94 valence electrons. The summed E-state index contributed by atoms with van der Waals surface area (Å²) in [4.78, 5) is 12.3. The van der Waals surface area contributed by atoms with Crippen LogP contribution in [0.4, 0.5) is 0 Å². The lowest BCUT2D eigenvalue weighted by Gasteiger charge is -2.14. The number of ketones is 1. The van der Waals surface area contributed by atoms with Crippen LogP contribution >= 0.6 is 0 Å². The van der Waals surface area contributed by atoms with Gasteiger partial charge in [-0.15, -0.1) is 0 Å². The van der Waals surface area contributed by atoms with Crippen LogP contribution in [0.3, 0.4) is 0 Å². The van der Waals surface area contributed by atoms with Crippen LogP contribution in [-0.2, 0) is 0 Å². The third-order valence-electron chi connectivity index (χ3n) is 4.28. The first-order valence-electron chi connectivity index (χ1n) is 6.45. The minimum atomic E-state index is 0.238. The minimum Gasteiger partial charge on any atom is -0.294 e. The Kier molecular flexibility index (Phi) is 3.51. The molecule has 1 aliphatic carbocycles. The summed E-state index contributed by atoms with van der Waals surface area (Å²) in [5.41, 5.74) is 6.25. The van der Waals surface area contributed by atoms with Crippen LogP contribution in [0.1, 0.15) is 44.5 Å². The van der Waals surface area contributed by atoms with Gasteiger partial charge in [-0.05, 0) is 38.8 Å². The second kappa shape index (κ2) is 4.93. The molecule has 0 amide bonds. The molecular formula is C17H20O. The standard InChI is InChI=1S/C17H20O/c1-11-12(2)14(4)16(13(11)3)10-17(18)15-8-6-5-7-9-15/h5-9,16H,10H2,1-4H3. The molecule has 1 aliphatic rings. The first-order valence-corrected chi connectivity index (χ1v) is 6.45. The lowest BCUT2D eigenvalue weighted by Crippen LogP contribution is -2.09. The second-order valence-corrected chi connectivity index (χ2v) is 5.16. The Bertz CT molecular complexity index is 508. The fraction of sp³-hybridized carbons (Fsp3) is 0.353. The van der Waals surface area contributed by atoms with Gasteiger partial charge < -0.3 is 0 Å². The van der Waals surface area contributed by atoms with Crippen molar-refractivity contribution >= 4 is 5.78 Å². The maximum Gasteiger partial charge on any atom is 0.163 e. The van der Waals surface area contributed by atoms with E-state index < -0.39 is 0 Å². The molecule has 1 aromatic carbocycles. The maximum absolute atomic E-state index is 12.3. The van der Waals surface area contributed by atoms with Gasteiger partial charge in [0.2, 0.25) is 0 Å². The molecule has 0 unspecified atom stereocenters. The van der Waals surface area contributed by atoms with Gasteiger partial charge in [0.05, 0.1) is 0 Å². The molecule has 0 saturated carbocycles. The normalized spacial score (nSPS) is 16.7. The van der Waals surface area contributed by atoms with Gasteiger partial charge in [0.15, 0.2) is 5.78 Å². The molecule has 0 fully saturated rings. The molecule has 0 spiro atoms. The third kappa shape index (κ3) is 2.17. The van der Waals surface area contributed by atoms with Crippen molar-refractivity contribution in [3.63, 3.8) is 0 Å². The van der Waals surface area contributed by atoms with E-state index in [2.05, 4.69) is 27.7 Å². The summed E-state index contributed by atoms with van der Waals surface area (Å²) in [7, 11) is 0. The van der Waals surface area contributed by atoms with E-state index in [-0.39, 0.29) is 5.78 Å². The molecule has 18 heavy (non-hydrogen) atoms. The van der Waals surface area contributed by atoms with E-state index in [4.69, 9.17) is 0 Å². The maximum atomic E-state index is 12.3. The van der Waals surface area contributed by atoms with E-state index in [0.717, 1.165) is 5.56 Å². The molecule has 0 saturated heterocycles.